The molecular weight excluding hydrogens is 738 g/mol. The summed E-state index contributed by atoms with van der Waals surface area (Å²) in [4.78, 5) is 6.66. The number of aryl methyl sites for hydroxylation is 1. The van der Waals surface area contributed by atoms with E-state index in [1.165, 1.54) is 0 Å². The van der Waals surface area contributed by atoms with Crippen LogP contribution in [0.4, 0.5) is 17.2 Å². The van der Waals surface area contributed by atoms with Crippen molar-refractivity contribution in [3.05, 3.63) is 151 Å². The zero-order chi connectivity index (χ0) is 29.5. The van der Waals surface area contributed by atoms with Crippen LogP contribution in [0.3, 0.4) is 0 Å². The second-order valence-electron chi connectivity index (χ2n) is 10.5. The summed E-state index contributed by atoms with van der Waals surface area (Å²) in [5.41, 5.74) is 5.73. The van der Waals surface area contributed by atoms with Crippen molar-refractivity contribution in [1.29, 1.82) is 0 Å². The summed E-state index contributed by atoms with van der Waals surface area (Å²) >= 11 is 0. The fourth-order valence-corrected chi connectivity index (χ4v) is 5.71. The number of rotatable bonds is 6. The van der Waals surface area contributed by atoms with E-state index in [0.29, 0.717) is 11.5 Å². The van der Waals surface area contributed by atoms with Gasteiger partial charge in [-0.25, -0.2) is 4.98 Å². The van der Waals surface area contributed by atoms with Crippen LogP contribution in [0, 0.1) is 19.1 Å². The van der Waals surface area contributed by atoms with Crippen molar-refractivity contribution < 1.29 is 25.8 Å². The maximum atomic E-state index is 6.40. The van der Waals surface area contributed by atoms with Gasteiger partial charge in [0.05, 0.1) is 5.65 Å². The summed E-state index contributed by atoms with van der Waals surface area (Å²) in [5.74, 6) is 2.71. The van der Waals surface area contributed by atoms with Crippen LogP contribution in [-0.2, 0) is 21.1 Å². The minimum absolute atomic E-state index is 0. The third-order valence-electron chi connectivity index (χ3n) is 7.73. The average molecular weight is 763 g/mol. The topological polar surface area (TPSA) is 55.6 Å². The molecule has 5 aromatic carbocycles. The van der Waals surface area contributed by atoms with Gasteiger partial charge >= 0.3 is 21.1 Å². The van der Waals surface area contributed by atoms with Gasteiger partial charge in [0.2, 0.25) is 0 Å². The Morgan fingerprint density at radius 1 is 0.667 bits per heavy atom. The molecule has 0 saturated heterocycles. The molecule has 3 aromatic heterocycles. The molecule has 0 bridgehead atoms. The Morgan fingerprint density at radius 3 is 2.29 bits per heavy atom. The van der Waals surface area contributed by atoms with E-state index in [0.717, 1.165) is 61.5 Å². The number of ether oxygens (including phenoxy) is 1. The number of nitrogens with zero attached hydrogens (tertiary/aromatic N) is 5. The second-order valence-corrected chi connectivity index (χ2v) is 10.5. The number of hydrogen-bond donors (Lipinski definition) is 0. The zero-order valence-corrected chi connectivity index (χ0v) is 26.4. The van der Waals surface area contributed by atoms with Gasteiger partial charge in [-0.2, -0.15) is 11.2 Å². The average Bonchev–Trinajstić information content (AvgIpc) is 3.52. The maximum absolute atomic E-state index is 6.40. The molecule has 218 valence electrons. The molecule has 0 aliphatic heterocycles. The van der Waals surface area contributed by atoms with Crippen LogP contribution < -0.4 is 9.64 Å². The van der Waals surface area contributed by atoms with E-state index in [9.17, 15) is 0 Å². The first-order chi connectivity index (χ1) is 21.7. The number of pyridine rings is 2. The Kier molecular flexibility index (Phi) is 7.58. The van der Waals surface area contributed by atoms with E-state index < -0.39 is 0 Å². The largest absolute Gasteiger partial charge is 2.00 e. The van der Waals surface area contributed by atoms with E-state index in [4.69, 9.17) is 4.74 Å². The van der Waals surface area contributed by atoms with Gasteiger partial charge in [0.25, 0.3) is 0 Å². The van der Waals surface area contributed by atoms with Crippen molar-refractivity contribution in [2.45, 2.75) is 6.92 Å². The molecule has 3 heterocycles. The number of para-hydroxylation sites is 2. The van der Waals surface area contributed by atoms with Gasteiger partial charge in [0.15, 0.2) is 5.82 Å². The van der Waals surface area contributed by atoms with Crippen molar-refractivity contribution in [2.75, 3.05) is 4.90 Å². The van der Waals surface area contributed by atoms with E-state index in [1.807, 2.05) is 91.0 Å². The fraction of sp³-hybridized carbons (Fsp3) is 0.0263. The summed E-state index contributed by atoms with van der Waals surface area (Å²) < 4.78 is 8.53. The van der Waals surface area contributed by atoms with E-state index in [1.54, 1.807) is 6.20 Å². The summed E-state index contributed by atoms with van der Waals surface area (Å²) in [6.45, 7) is 2.09. The van der Waals surface area contributed by atoms with Crippen LogP contribution in [0.2, 0.25) is 0 Å². The molecule has 7 heteroatoms. The smallest absolute Gasteiger partial charge is 0.503 e. The van der Waals surface area contributed by atoms with Crippen LogP contribution in [0.15, 0.2) is 134 Å². The molecular formula is C38H25N5OPt. The monoisotopic (exact) mass is 762 g/mol. The van der Waals surface area contributed by atoms with Gasteiger partial charge in [-0.05, 0) is 48.2 Å². The second kappa shape index (κ2) is 12.0. The Hall–Kier alpha value is -5.32. The first-order valence-corrected chi connectivity index (χ1v) is 14.4. The molecule has 0 amide bonds. The van der Waals surface area contributed by atoms with Crippen LogP contribution in [0.25, 0.3) is 38.7 Å². The number of hydrogen-bond acceptors (Lipinski definition) is 5. The molecule has 45 heavy (non-hydrogen) atoms. The van der Waals surface area contributed by atoms with Crippen molar-refractivity contribution in [3.8, 4) is 22.9 Å². The molecule has 0 radical (unpaired) electrons. The number of fused-ring (bicyclic) bond motifs is 6. The Morgan fingerprint density at radius 2 is 1.44 bits per heavy atom. The zero-order valence-electron chi connectivity index (χ0n) is 24.2. The molecule has 0 N–H and O–H groups in total. The van der Waals surface area contributed by atoms with E-state index >= 15 is 0 Å². The van der Waals surface area contributed by atoms with Gasteiger partial charge in [-0.15, -0.1) is 35.4 Å². The molecule has 0 unspecified atom stereocenters. The SMILES string of the molecule is Cc1ccccc1-c1nnc2c3[c-]c(Oc4[c-]c(N(c5ccccc5)c5ccccn5)ccc4)ccc3c3ccccc3n12.[Pt+2]. The molecule has 0 aliphatic rings. The Labute approximate surface area is 274 Å². The summed E-state index contributed by atoms with van der Waals surface area (Å²) in [5, 5.41) is 12.3. The van der Waals surface area contributed by atoms with Crippen molar-refractivity contribution in [3.63, 3.8) is 0 Å². The van der Waals surface area contributed by atoms with Gasteiger partial charge in [0.1, 0.15) is 5.82 Å². The van der Waals surface area contributed by atoms with Gasteiger partial charge in [0, 0.05) is 34.5 Å². The van der Waals surface area contributed by atoms with Crippen LogP contribution in [0.5, 0.6) is 11.5 Å². The standard InChI is InChI=1S/C38H25N5O.Pt/c1-26-12-5-6-17-31(26)37-40-41-38-34-25-30(21-22-32(34)33-18-7-8-19-35(33)43(37)38)44-29-16-11-15-28(24-29)42(27-13-3-2-4-14-27)36-20-9-10-23-39-36;/h2-23H,1H3;/q-2;+2. The Balaban J connectivity index is 0.00000325. The number of anilines is 3. The first-order valence-electron chi connectivity index (χ1n) is 14.4. The third-order valence-corrected chi connectivity index (χ3v) is 7.73. The Bertz CT molecular complexity index is 2250. The van der Waals surface area contributed by atoms with Gasteiger partial charge < -0.3 is 14.0 Å². The molecule has 6 nitrogen and oxygen atoms in total. The predicted octanol–water partition coefficient (Wildman–Crippen LogP) is 9.27. The summed E-state index contributed by atoms with van der Waals surface area (Å²) in [7, 11) is 0. The van der Waals surface area contributed by atoms with E-state index in [2.05, 4.69) is 79.9 Å². The quantitative estimate of drug-likeness (QED) is 0.125. The van der Waals surface area contributed by atoms with Crippen LogP contribution in [0.1, 0.15) is 5.56 Å². The van der Waals surface area contributed by atoms with Crippen LogP contribution in [-0.4, -0.2) is 19.6 Å². The molecule has 8 aromatic rings. The molecule has 0 atom stereocenters. The third kappa shape index (κ3) is 5.13. The molecule has 0 spiro atoms. The van der Waals surface area contributed by atoms with Crippen molar-refractivity contribution in [1.82, 2.24) is 19.6 Å². The maximum Gasteiger partial charge on any atom is 2.00 e. The van der Waals surface area contributed by atoms with Gasteiger partial charge in [-0.1, -0.05) is 89.3 Å². The minimum atomic E-state index is 0. The number of benzene rings is 5. The van der Waals surface area contributed by atoms with Crippen molar-refractivity contribution in [2.24, 2.45) is 0 Å². The van der Waals surface area contributed by atoms with Crippen molar-refractivity contribution >= 4 is 44.5 Å². The normalized spacial score (nSPS) is 11.0. The predicted molar refractivity (Wildman–Crippen MR) is 175 cm³/mol. The fourth-order valence-electron chi connectivity index (χ4n) is 5.71. The first kappa shape index (κ1) is 28.4. The molecule has 0 fully saturated rings. The minimum Gasteiger partial charge on any atom is -0.503 e. The number of aromatic nitrogens is 4. The molecule has 0 aliphatic carbocycles. The summed E-state index contributed by atoms with van der Waals surface area (Å²) in [6, 6.07) is 49.4. The van der Waals surface area contributed by atoms with Gasteiger partial charge in [-0.3, -0.25) is 0 Å². The molecule has 8 rings (SSSR count). The molecule has 0 saturated carbocycles. The van der Waals surface area contributed by atoms with E-state index in [-0.39, 0.29) is 21.1 Å². The summed E-state index contributed by atoms with van der Waals surface area (Å²) in [6.07, 6.45) is 1.79. The van der Waals surface area contributed by atoms with Crippen LogP contribution >= 0.6 is 0 Å².